The van der Waals surface area contributed by atoms with Crippen LogP contribution in [0, 0.1) is 5.92 Å². The quantitative estimate of drug-likeness (QED) is 0.857. The van der Waals surface area contributed by atoms with Crippen molar-refractivity contribution < 1.29 is 27.1 Å². The van der Waals surface area contributed by atoms with Crippen molar-refractivity contribution in [3.63, 3.8) is 0 Å². The smallest absolute Gasteiger partial charge is 0.406 e. The van der Waals surface area contributed by atoms with Crippen molar-refractivity contribution >= 4 is 5.91 Å². The number of hydrogen-bond acceptors (Lipinski definition) is 3. The van der Waals surface area contributed by atoms with Gasteiger partial charge >= 0.3 is 6.18 Å². The number of carbonyl (C=O) groups is 1. The molecule has 0 bridgehead atoms. The summed E-state index contributed by atoms with van der Waals surface area (Å²) in [6.07, 6.45) is -2.75. The summed E-state index contributed by atoms with van der Waals surface area (Å²) in [6, 6.07) is 10.3. The lowest BCUT2D eigenvalue weighted by atomic mass is 9.95. The van der Waals surface area contributed by atoms with Crippen LogP contribution in [0.25, 0.3) is 0 Å². The van der Waals surface area contributed by atoms with Gasteiger partial charge in [0.1, 0.15) is 24.7 Å². The highest BCUT2D eigenvalue weighted by Crippen LogP contribution is 2.29. The van der Waals surface area contributed by atoms with Crippen molar-refractivity contribution in [2.75, 3.05) is 13.2 Å². The average molecular weight is 339 g/mol. The number of amides is 1. The second-order valence-electron chi connectivity index (χ2n) is 5.71. The summed E-state index contributed by atoms with van der Waals surface area (Å²) in [5.74, 6) is -0.241. The van der Waals surface area contributed by atoms with Gasteiger partial charge in [-0.25, -0.2) is 0 Å². The summed E-state index contributed by atoms with van der Waals surface area (Å²) in [4.78, 5) is 13.4. The molecule has 7 heteroatoms. The number of benzene rings is 1. The van der Waals surface area contributed by atoms with Crippen LogP contribution in [0.2, 0.25) is 0 Å². The maximum absolute atomic E-state index is 12.8. The number of rotatable bonds is 4. The summed E-state index contributed by atoms with van der Waals surface area (Å²) in [7, 11) is 0. The molecular weight excluding hydrogens is 323 g/mol. The van der Waals surface area contributed by atoms with E-state index in [1.54, 1.807) is 18.2 Å². The van der Waals surface area contributed by atoms with E-state index >= 15 is 0 Å². The van der Waals surface area contributed by atoms with Gasteiger partial charge in [-0.1, -0.05) is 18.2 Å². The molecule has 2 aromatic rings. The van der Waals surface area contributed by atoms with E-state index < -0.39 is 24.5 Å². The van der Waals surface area contributed by atoms with Crippen LogP contribution in [-0.4, -0.2) is 30.1 Å². The maximum Gasteiger partial charge on any atom is 0.406 e. The summed E-state index contributed by atoms with van der Waals surface area (Å²) in [6.45, 7) is -1.46. The van der Waals surface area contributed by atoms with E-state index in [9.17, 15) is 18.0 Å². The van der Waals surface area contributed by atoms with Crippen molar-refractivity contribution in [3.8, 4) is 5.75 Å². The minimum atomic E-state index is -4.48. The predicted molar refractivity (Wildman–Crippen MR) is 79.3 cm³/mol. The van der Waals surface area contributed by atoms with Crippen LogP contribution in [0.4, 0.5) is 13.2 Å². The highest BCUT2D eigenvalue weighted by molar-refractivity contribution is 5.79. The molecule has 128 valence electrons. The molecule has 0 N–H and O–H groups in total. The molecule has 4 nitrogen and oxygen atoms in total. The van der Waals surface area contributed by atoms with Crippen LogP contribution in [0.5, 0.6) is 5.75 Å². The Morgan fingerprint density at radius 1 is 1.21 bits per heavy atom. The molecule has 0 spiro atoms. The third-order valence-electron chi connectivity index (χ3n) is 3.84. The largest absolute Gasteiger partial charge is 0.492 e. The van der Waals surface area contributed by atoms with Crippen molar-refractivity contribution in [3.05, 3.63) is 54.0 Å². The number of hydrogen-bond donors (Lipinski definition) is 0. The minimum absolute atomic E-state index is 0.0718. The molecule has 2 heterocycles. The number of furan rings is 1. The van der Waals surface area contributed by atoms with Gasteiger partial charge in [-0.3, -0.25) is 4.79 Å². The maximum atomic E-state index is 12.8. The summed E-state index contributed by atoms with van der Waals surface area (Å²) in [5.41, 5.74) is 0.826. The Bertz CT molecular complexity index is 697. The molecule has 1 atom stereocenters. The van der Waals surface area contributed by atoms with E-state index in [0.717, 1.165) is 10.5 Å². The van der Waals surface area contributed by atoms with Crippen molar-refractivity contribution in [1.82, 2.24) is 4.90 Å². The Morgan fingerprint density at radius 2 is 2.00 bits per heavy atom. The Kier molecular flexibility index (Phi) is 4.51. The SMILES string of the molecule is O=C(C1COc2ccccc2C1)N(Cc1ccco1)CC(F)(F)F. The van der Waals surface area contributed by atoms with E-state index in [0.29, 0.717) is 17.9 Å². The molecule has 0 radical (unpaired) electrons. The molecule has 1 aliphatic heterocycles. The molecule has 1 aliphatic rings. The lowest BCUT2D eigenvalue weighted by Gasteiger charge is -2.30. The lowest BCUT2D eigenvalue weighted by Crippen LogP contribution is -2.44. The third kappa shape index (κ3) is 3.90. The first-order chi connectivity index (χ1) is 11.4. The predicted octanol–water partition coefficient (Wildman–Crippen LogP) is 3.42. The van der Waals surface area contributed by atoms with Crippen LogP contribution in [0.1, 0.15) is 11.3 Å². The molecule has 1 aromatic carbocycles. The van der Waals surface area contributed by atoms with Gasteiger partial charge in [-0.2, -0.15) is 13.2 Å². The first kappa shape index (κ1) is 16.4. The lowest BCUT2D eigenvalue weighted by molar-refractivity contribution is -0.166. The average Bonchev–Trinajstić information content (AvgIpc) is 3.05. The molecule has 1 aromatic heterocycles. The van der Waals surface area contributed by atoms with Gasteiger partial charge in [0.05, 0.1) is 18.7 Å². The monoisotopic (exact) mass is 339 g/mol. The number of halogens is 3. The molecule has 0 aliphatic carbocycles. The highest BCUT2D eigenvalue weighted by Gasteiger charge is 2.37. The number of para-hydroxylation sites is 1. The minimum Gasteiger partial charge on any atom is -0.492 e. The van der Waals surface area contributed by atoms with Gasteiger partial charge in [-0.15, -0.1) is 0 Å². The number of ether oxygens (including phenoxy) is 1. The van der Waals surface area contributed by atoms with Crippen LogP contribution in [-0.2, 0) is 17.8 Å². The fourth-order valence-electron chi connectivity index (χ4n) is 2.76. The summed E-state index contributed by atoms with van der Waals surface area (Å²) in [5, 5.41) is 0. The molecule has 0 fully saturated rings. The molecule has 0 saturated carbocycles. The number of carbonyl (C=O) groups excluding carboxylic acids is 1. The van der Waals surface area contributed by atoms with Gasteiger partial charge in [-0.05, 0) is 30.2 Å². The zero-order valence-electron chi connectivity index (χ0n) is 12.8. The fourth-order valence-corrected chi connectivity index (χ4v) is 2.76. The Labute approximate surface area is 136 Å². The van der Waals surface area contributed by atoms with Crippen molar-refractivity contribution in [1.29, 1.82) is 0 Å². The Balaban J connectivity index is 1.76. The van der Waals surface area contributed by atoms with E-state index in [2.05, 4.69) is 0 Å². The number of fused-ring (bicyclic) bond motifs is 1. The van der Waals surface area contributed by atoms with Gasteiger partial charge < -0.3 is 14.1 Å². The summed E-state index contributed by atoms with van der Waals surface area (Å²) >= 11 is 0. The molecule has 0 saturated heterocycles. The standard InChI is InChI=1S/C17H16F3NO3/c18-17(19,20)11-21(9-14-5-3-7-23-14)16(22)13-8-12-4-1-2-6-15(12)24-10-13/h1-7,13H,8-11H2. The van der Waals surface area contributed by atoms with Crippen molar-refractivity contribution in [2.24, 2.45) is 5.92 Å². The van der Waals surface area contributed by atoms with Crippen LogP contribution >= 0.6 is 0 Å². The van der Waals surface area contributed by atoms with E-state index in [-0.39, 0.29) is 13.2 Å². The molecule has 24 heavy (non-hydrogen) atoms. The number of nitrogens with zero attached hydrogens (tertiary/aromatic N) is 1. The van der Waals surface area contributed by atoms with Gasteiger partial charge in [0.2, 0.25) is 5.91 Å². The summed E-state index contributed by atoms with van der Waals surface area (Å²) < 4.78 is 49.1. The first-order valence-corrected chi connectivity index (χ1v) is 7.51. The highest BCUT2D eigenvalue weighted by atomic mass is 19.4. The molecule has 3 rings (SSSR count). The van der Waals surface area contributed by atoms with Gasteiger partial charge in [0.25, 0.3) is 0 Å². The van der Waals surface area contributed by atoms with E-state index in [4.69, 9.17) is 9.15 Å². The zero-order valence-corrected chi connectivity index (χ0v) is 12.8. The molecule has 1 amide bonds. The Hall–Kier alpha value is -2.44. The topological polar surface area (TPSA) is 42.7 Å². The molecular formula is C17H16F3NO3. The molecule has 1 unspecified atom stereocenters. The van der Waals surface area contributed by atoms with Gasteiger partial charge in [0.15, 0.2) is 0 Å². The Morgan fingerprint density at radius 3 is 2.71 bits per heavy atom. The van der Waals surface area contributed by atoms with Crippen LogP contribution in [0.3, 0.4) is 0 Å². The third-order valence-corrected chi connectivity index (χ3v) is 3.84. The zero-order chi connectivity index (χ0) is 17.2. The van der Waals surface area contributed by atoms with E-state index in [1.165, 1.54) is 6.26 Å². The van der Waals surface area contributed by atoms with Gasteiger partial charge in [0, 0.05) is 0 Å². The van der Waals surface area contributed by atoms with Crippen LogP contribution in [0.15, 0.2) is 47.1 Å². The van der Waals surface area contributed by atoms with E-state index in [1.807, 2.05) is 18.2 Å². The van der Waals surface area contributed by atoms with Crippen molar-refractivity contribution in [2.45, 2.75) is 19.1 Å². The van der Waals surface area contributed by atoms with Crippen LogP contribution < -0.4 is 4.74 Å². The second-order valence-corrected chi connectivity index (χ2v) is 5.71. The fraction of sp³-hybridized carbons (Fsp3) is 0.353. The number of alkyl halides is 3. The second kappa shape index (κ2) is 6.59. The first-order valence-electron chi connectivity index (χ1n) is 7.51. The normalized spacial score (nSPS) is 17.0.